The van der Waals surface area contributed by atoms with Crippen LogP contribution in [0.1, 0.15) is 48.7 Å². The van der Waals surface area contributed by atoms with Gasteiger partial charge in [0.05, 0.1) is 5.69 Å². The van der Waals surface area contributed by atoms with Gasteiger partial charge in [-0.3, -0.25) is 4.90 Å². The molecule has 1 aromatic carbocycles. The highest BCUT2D eigenvalue weighted by Gasteiger charge is 2.25. The average Bonchev–Trinajstić information content (AvgIpc) is 3.25. The SMILES string of the molecule is Cc1cn(C)c([C@@H]2CCCN(Cc3ccccc3N3CCCC3)C2)n1. The van der Waals surface area contributed by atoms with Gasteiger partial charge in [-0.1, -0.05) is 18.2 Å². The van der Waals surface area contributed by atoms with Crippen LogP contribution in [0.25, 0.3) is 0 Å². The second-order valence-electron chi connectivity index (χ2n) is 7.75. The molecule has 2 aliphatic rings. The van der Waals surface area contributed by atoms with Gasteiger partial charge in [0.25, 0.3) is 0 Å². The van der Waals surface area contributed by atoms with Crippen molar-refractivity contribution in [2.24, 2.45) is 7.05 Å². The van der Waals surface area contributed by atoms with Gasteiger partial charge in [-0.05, 0) is 50.8 Å². The number of aromatic nitrogens is 2. The summed E-state index contributed by atoms with van der Waals surface area (Å²) in [5.41, 5.74) is 4.07. The molecule has 0 saturated carbocycles. The van der Waals surface area contributed by atoms with Gasteiger partial charge in [0.1, 0.15) is 5.82 Å². The van der Waals surface area contributed by atoms with Crippen molar-refractivity contribution >= 4 is 5.69 Å². The van der Waals surface area contributed by atoms with Crippen LogP contribution < -0.4 is 4.90 Å². The van der Waals surface area contributed by atoms with Gasteiger partial charge >= 0.3 is 0 Å². The molecule has 3 heterocycles. The van der Waals surface area contributed by atoms with Crippen molar-refractivity contribution in [3.63, 3.8) is 0 Å². The summed E-state index contributed by atoms with van der Waals surface area (Å²) in [5.74, 6) is 1.82. The third-order valence-corrected chi connectivity index (χ3v) is 5.74. The van der Waals surface area contributed by atoms with E-state index in [1.165, 1.54) is 62.4 Å². The molecule has 0 bridgehead atoms. The zero-order chi connectivity index (χ0) is 17.2. The molecule has 1 aromatic heterocycles. The van der Waals surface area contributed by atoms with E-state index in [0.29, 0.717) is 5.92 Å². The fourth-order valence-electron chi connectivity index (χ4n) is 4.58. The van der Waals surface area contributed by atoms with Crippen LogP contribution in [0.4, 0.5) is 5.69 Å². The van der Waals surface area contributed by atoms with E-state index in [4.69, 9.17) is 4.98 Å². The van der Waals surface area contributed by atoms with Crippen molar-refractivity contribution in [3.05, 3.63) is 47.5 Å². The van der Waals surface area contributed by atoms with Gasteiger partial charge in [0.15, 0.2) is 0 Å². The van der Waals surface area contributed by atoms with Crippen LogP contribution in [-0.2, 0) is 13.6 Å². The van der Waals surface area contributed by atoms with Crippen LogP contribution >= 0.6 is 0 Å². The second-order valence-corrected chi connectivity index (χ2v) is 7.75. The Balaban J connectivity index is 1.49. The lowest BCUT2D eigenvalue weighted by molar-refractivity contribution is 0.195. The number of likely N-dealkylation sites (tertiary alicyclic amines) is 1. The Morgan fingerprint density at radius 3 is 2.64 bits per heavy atom. The Bertz CT molecular complexity index is 714. The zero-order valence-electron chi connectivity index (χ0n) is 15.6. The molecule has 0 radical (unpaired) electrons. The van der Waals surface area contributed by atoms with E-state index in [0.717, 1.165) is 18.8 Å². The normalized spacial score (nSPS) is 21.8. The Labute approximate surface area is 151 Å². The fraction of sp³-hybridized carbons (Fsp3) is 0.571. The van der Waals surface area contributed by atoms with Gasteiger partial charge in [-0.15, -0.1) is 0 Å². The maximum Gasteiger partial charge on any atom is 0.113 e. The van der Waals surface area contributed by atoms with Crippen LogP contribution in [-0.4, -0.2) is 40.6 Å². The molecule has 4 rings (SSSR count). The molecule has 2 aliphatic heterocycles. The lowest BCUT2D eigenvalue weighted by atomic mass is 9.96. The topological polar surface area (TPSA) is 24.3 Å². The summed E-state index contributed by atoms with van der Waals surface area (Å²) in [4.78, 5) is 9.98. The van der Waals surface area contributed by atoms with Crippen molar-refractivity contribution in [2.45, 2.75) is 45.1 Å². The van der Waals surface area contributed by atoms with E-state index in [-0.39, 0.29) is 0 Å². The summed E-state index contributed by atoms with van der Waals surface area (Å²) in [7, 11) is 2.14. The molecular formula is C21H30N4. The van der Waals surface area contributed by atoms with Crippen molar-refractivity contribution < 1.29 is 0 Å². The molecule has 0 N–H and O–H groups in total. The number of benzene rings is 1. The number of rotatable bonds is 4. The third-order valence-electron chi connectivity index (χ3n) is 5.74. The van der Waals surface area contributed by atoms with Crippen LogP contribution in [0.5, 0.6) is 0 Å². The molecule has 0 aliphatic carbocycles. The first kappa shape index (κ1) is 16.6. The molecule has 2 saturated heterocycles. The summed E-state index contributed by atoms with van der Waals surface area (Å²) in [6.07, 6.45) is 7.34. The molecule has 4 heteroatoms. The highest BCUT2D eigenvalue weighted by molar-refractivity contribution is 5.54. The Hall–Kier alpha value is -1.81. The van der Waals surface area contributed by atoms with E-state index >= 15 is 0 Å². The number of aryl methyl sites for hydroxylation is 2. The van der Waals surface area contributed by atoms with E-state index in [1.54, 1.807) is 0 Å². The number of anilines is 1. The molecule has 0 amide bonds. The van der Waals surface area contributed by atoms with E-state index in [1.807, 2.05) is 0 Å². The maximum atomic E-state index is 4.78. The monoisotopic (exact) mass is 338 g/mol. The minimum absolute atomic E-state index is 0.561. The molecule has 2 aromatic rings. The lowest BCUT2D eigenvalue weighted by Crippen LogP contribution is -2.35. The molecule has 0 unspecified atom stereocenters. The maximum absolute atomic E-state index is 4.78. The van der Waals surface area contributed by atoms with Crippen LogP contribution in [0.15, 0.2) is 30.5 Å². The number of imidazole rings is 1. The first-order valence-corrected chi connectivity index (χ1v) is 9.76. The summed E-state index contributed by atoms with van der Waals surface area (Å²) in [5, 5.41) is 0. The van der Waals surface area contributed by atoms with Crippen LogP contribution in [0.2, 0.25) is 0 Å². The number of nitrogens with zero attached hydrogens (tertiary/aromatic N) is 4. The summed E-state index contributed by atoms with van der Waals surface area (Å²) in [6, 6.07) is 9.01. The van der Waals surface area contributed by atoms with Gasteiger partial charge in [-0.2, -0.15) is 0 Å². The number of hydrogen-bond acceptors (Lipinski definition) is 3. The Morgan fingerprint density at radius 2 is 1.88 bits per heavy atom. The standard InChI is InChI=1S/C21H30N4/c1-17-14-23(2)21(22-17)19-9-7-11-24(16-19)15-18-8-3-4-10-20(18)25-12-5-6-13-25/h3-4,8,10,14,19H,5-7,9,11-13,15-16H2,1-2H3/t19-/m1/s1. The van der Waals surface area contributed by atoms with Gasteiger partial charge in [0, 0.05) is 51.0 Å². The average molecular weight is 338 g/mol. The molecule has 1 atom stereocenters. The third kappa shape index (κ3) is 3.59. The van der Waals surface area contributed by atoms with Crippen LogP contribution in [0.3, 0.4) is 0 Å². The predicted molar refractivity (Wildman–Crippen MR) is 103 cm³/mol. The summed E-state index contributed by atoms with van der Waals surface area (Å²) >= 11 is 0. The molecular weight excluding hydrogens is 308 g/mol. The van der Waals surface area contributed by atoms with E-state index in [9.17, 15) is 0 Å². The quantitative estimate of drug-likeness (QED) is 0.849. The van der Waals surface area contributed by atoms with Gasteiger partial charge in [0.2, 0.25) is 0 Å². The van der Waals surface area contributed by atoms with E-state index < -0.39 is 0 Å². The number of piperidine rings is 1. The molecule has 134 valence electrons. The highest BCUT2D eigenvalue weighted by atomic mass is 15.2. The largest absolute Gasteiger partial charge is 0.371 e. The van der Waals surface area contributed by atoms with Crippen molar-refractivity contribution in [1.82, 2.24) is 14.5 Å². The zero-order valence-corrected chi connectivity index (χ0v) is 15.6. The van der Waals surface area contributed by atoms with Gasteiger partial charge < -0.3 is 9.47 Å². The Morgan fingerprint density at radius 1 is 1.08 bits per heavy atom. The van der Waals surface area contributed by atoms with Gasteiger partial charge in [-0.25, -0.2) is 4.98 Å². The Kier molecular flexibility index (Phi) is 4.80. The molecule has 4 nitrogen and oxygen atoms in total. The van der Waals surface area contributed by atoms with Crippen LogP contribution in [0, 0.1) is 6.92 Å². The number of para-hydroxylation sites is 1. The van der Waals surface area contributed by atoms with E-state index in [2.05, 4.69) is 58.8 Å². The minimum Gasteiger partial charge on any atom is -0.371 e. The van der Waals surface area contributed by atoms with Crippen molar-refractivity contribution in [3.8, 4) is 0 Å². The first-order chi connectivity index (χ1) is 12.2. The second kappa shape index (κ2) is 7.20. The molecule has 2 fully saturated rings. The summed E-state index contributed by atoms with van der Waals surface area (Å²) < 4.78 is 2.22. The van der Waals surface area contributed by atoms with Crippen molar-refractivity contribution in [1.29, 1.82) is 0 Å². The molecule has 0 spiro atoms. The first-order valence-electron chi connectivity index (χ1n) is 9.76. The fourth-order valence-corrected chi connectivity index (χ4v) is 4.58. The number of hydrogen-bond donors (Lipinski definition) is 0. The minimum atomic E-state index is 0.561. The highest BCUT2D eigenvalue weighted by Crippen LogP contribution is 2.30. The predicted octanol–water partition coefficient (Wildman–Crippen LogP) is 3.71. The molecule has 25 heavy (non-hydrogen) atoms. The smallest absolute Gasteiger partial charge is 0.113 e. The summed E-state index contributed by atoms with van der Waals surface area (Å²) in [6.45, 7) is 7.91. The lowest BCUT2D eigenvalue weighted by Gasteiger charge is -2.33. The van der Waals surface area contributed by atoms with Crippen molar-refractivity contribution in [2.75, 3.05) is 31.1 Å².